The van der Waals surface area contributed by atoms with Gasteiger partial charge in [0.25, 0.3) is 7.82 Å². The summed E-state index contributed by atoms with van der Waals surface area (Å²) in [4.78, 5) is 25.5. The molecule has 0 aromatic heterocycles. The summed E-state index contributed by atoms with van der Waals surface area (Å²) in [5, 5.41) is 14.0. The molecule has 386 valence electrons. The van der Waals surface area contributed by atoms with E-state index in [4.69, 9.17) is 9.05 Å². The Hall–Kier alpha value is -1.80. The van der Waals surface area contributed by atoms with Gasteiger partial charge in [0, 0.05) is 6.42 Å². The maximum absolute atomic E-state index is 13.0. The molecule has 1 amide bonds. The van der Waals surface area contributed by atoms with Crippen molar-refractivity contribution in [1.29, 1.82) is 0 Å². The van der Waals surface area contributed by atoms with E-state index >= 15 is 0 Å². The number of amides is 1. The first-order valence-corrected chi connectivity index (χ1v) is 29.1. The Kier molecular flexibility index (Phi) is 46.9. The highest BCUT2D eigenvalue weighted by Crippen LogP contribution is 2.38. The molecule has 3 unspecified atom stereocenters. The number of hydrogen-bond acceptors (Lipinski definition) is 6. The number of allylic oxidation sites excluding steroid dienone is 10. The first kappa shape index (κ1) is 64.2. The Morgan fingerprint density at radius 2 is 0.924 bits per heavy atom. The smallest absolute Gasteiger partial charge is 0.268 e. The van der Waals surface area contributed by atoms with E-state index in [9.17, 15) is 19.4 Å². The molecule has 0 aromatic rings. The van der Waals surface area contributed by atoms with Crippen LogP contribution in [0.2, 0.25) is 0 Å². The van der Waals surface area contributed by atoms with Crippen molar-refractivity contribution in [2.24, 2.45) is 0 Å². The SMILES string of the molecule is CC/C=C\C/C=C\C/C=C\C/C=C\C/C=C\CCCCCCCCCCCCCC(=O)NC(COP(=O)([O-])OCC[N+](C)(C)C)C(O)CCCCCCCCCCCCCCCCCCC. The van der Waals surface area contributed by atoms with E-state index in [2.05, 4.69) is 79.9 Å². The summed E-state index contributed by atoms with van der Waals surface area (Å²) in [6, 6.07) is -0.805. The van der Waals surface area contributed by atoms with Crippen LogP contribution in [-0.2, 0) is 18.4 Å². The third-order valence-corrected chi connectivity index (χ3v) is 13.2. The van der Waals surface area contributed by atoms with Crippen molar-refractivity contribution in [3.63, 3.8) is 0 Å². The summed E-state index contributed by atoms with van der Waals surface area (Å²) in [6.07, 6.45) is 63.8. The van der Waals surface area contributed by atoms with E-state index in [0.717, 1.165) is 70.6 Å². The lowest BCUT2D eigenvalue weighted by molar-refractivity contribution is -0.870. The van der Waals surface area contributed by atoms with Crippen LogP contribution in [0.4, 0.5) is 0 Å². The van der Waals surface area contributed by atoms with Gasteiger partial charge in [0.2, 0.25) is 5.91 Å². The minimum Gasteiger partial charge on any atom is -0.756 e. The molecule has 0 radical (unpaired) electrons. The van der Waals surface area contributed by atoms with Crippen LogP contribution in [0.1, 0.15) is 245 Å². The van der Waals surface area contributed by atoms with Crippen LogP contribution in [0.15, 0.2) is 60.8 Å². The number of rotatable bonds is 50. The lowest BCUT2D eigenvalue weighted by Gasteiger charge is -2.30. The Bertz CT molecular complexity index is 1260. The predicted molar refractivity (Wildman–Crippen MR) is 284 cm³/mol. The van der Waals surface area contributed by atoms with Gasteiger partial charge in [0.1, 0.15) is 13.2 Å². The third-order valence-electron chi connectivity index (χ3n) is 12.3. The van der Waals surface area contributed by atoms with Crippen molar-refractivity contribution in [1.82, 2.24) is 5.32 Å². The zero-order valence-corrected chi connectivity index (χ0v) is 44.8. The highest BCUT2D eigenvalue weighted by molar-refractivity contribution is 7.45. The molecule has 3 atom stereocenters. The van der Waals surface area contributed by atoms with Gasteiger partial charge in [-0.25, -0.2) is 0 Å². The van der Waals surface area contributed by atoms with Crippen LogP contribution in [0, 0.1) is 0 Å². The predicted octanol–water partition coefficient (Wildman–Crippen LogP) is 15.9. The molecule has 0 aliphatic carbocycles. The fourth-order valence-corrected chi connectivity index (χ4v) is 8.67. The maximum Gasteiger partial charge on any atom is 0.268 e. The molecular weight excluding hydrogens is 840 g/mol. The van der Waals surface area contributed by atoms with E-state index in [-0.39, 0.29) is 19.1 Å². The molecule has 0 bridgehead atoms. The average Bonchev–Trinajstić information content (AvgIpc) is 3.28. The highest BCUT2D eigenvalue weighted by atomic mass is 31.2. The van der Waals surface area contributed by atoms with Gasteiger partial charge in [-0.1, -0.05) is 242 Å². The highest BCUT2D eigenvalue weighted by Gasteiger charge is 2.24. The van der Waals surface area contributed by atoms with Crippen LogP contribution in [-0.4, -0.2) is 68.5 Å². The summed E-state index contributed by atoms with van der Waals surface area (Å²) < 4.78 is 23.4. The number of carbonyl (C=O) groups excluding carboxylic acids is 1. The second-order valence-electron chi connectivity index (χ2n) is 19.9. The molecule has 0 rings (SSSR count). The van der Waals surface area contributed by atoms with Crippen molar-refractivity contribution < 1.29 is 32.9 Å². The van der Waals surface area contributed by atoms with Crippen LogP contribution in [0.5, 0.6) is 0 Å². The van der Waals surface area contributed by atoms with E-state index in [1.54, 1.807) is 0 Å². The Balaban J connectivity index is 4.18. The van der Waals surface area contributed by atoms with Gasteiger partial charge >= 0.3 is 0 Å². The number of aliphatic hydroxyl groups is 1. The lowest BCUT2D eigenvalue weighted by atomic mass is 10.0. The number of carbonyl (C=O) groups is 1. The molecule has 0 saturated heterocycles. The Morgan fingerprint density at radius 1 is 0.545 bits per heavy atom. The van der Waals surface area contributed by atoms with Gasteiger partial charge in [0.05, 0.1) is 39.9 Å². The molecule has 0 heterocycles. The summed E-state index contributed by atoms with van der Waals surface area (Å²) in [6.45, 7) is 4.62. The number of aliphatic hydroxyl groups excluding tert-OH is 1. The molecular formula is C57H107N2O6P. The fourth-order valence-electron chi connectivity index (χ4n) is 7.95. The summed E-state index contributed by atoms with van der Waals surface area (Å²) in [5.41, 5.74) is 0. The summed E-state index contributed by atoms with van der Waals surface area (Å²) in [7, 11) is 1.30. The monoisotopic (exact) mass is 947 g/mol. The minimum atomic E-state index is -4.57. The van der Waals surface area contributed by atoms with Gasteiger partial charge in [-0.2, -0.15) is 0 Å². The van der Waals surface area contributed by atoms with Gasteiger partial charge in [-0.3, -0.25) is 9.36 Å². The van der Waals surface area contributed by atoms with Crippen LogP contribution in [0.25, 0.3) is 0 Å². The number of nitrogens with zero attached hydrogens (tertiary/aromatic N) is 1. The Labute approximate surface area is 409 Å². The van der Waals surface area contributed by atoms with Gasteiger partial charge in [0.15, 0.2) is 0 Å². The molecule has 0 aliphatic rings. The van der Waals surface area contributed by atoms with Crippen LogP contribution < -0.4 is 10.2 Å². The van der Waals surface area contributed by atoms with Crippen LogP contribution >= 0.6 is 7.82 Å². The number of likely N-dealkylation sites (N-methyl/N-ethyl adjacent to an activating group) is 1. The van der Waals surface area contributed by atoms with E-state index < -0.39 is 20.0 Å². The third kappa shape index (κ3) is 50.1. The van der Waals surface area contributed by atoms with E-state index in [0.29, 0.717) is 23.9 Å². The van der Waals surface area contributed by atoms with Crippen molar-refractivity contribution in [2.75, 3.05) is 40.9 Å². The number of phosphoric acid groups is 1. The average molecular weight is 947 g/mol. The number of nitrogens with one attached hydrogen (secondary N) is 1. The molecule has 0 spiro atoms. The quantitative estimate of drug-likeness (QED) is 0.0272. The summed E-state index contributed by atoms with van der Waals surface area (Å²) >= 11 is 0. The fraction of sp³-hybridized carbons (Fsp3) is 0.807. The molecule has 0 aromatic carbocycles. The van der Waals surface area contributed by atoms with Gasteiger partial charge < -0.3 is 28.8 Å². The molecule has 9 heteroatoms. The molecule has 0 fully saturated rings. The zero-order valence-electron chi connectivity index (χ0n) is 43.9. The van der Waals surface area contributed by atoms with Crippen LogP contribution in [0.3, 0.4) is 0 Å². The second-order valence-corrected chi connectivity index (χ2v) is 21.3. The number of hydrogen-bond donors (Lipinski definition) is 2. The lowest BCUT2D eigenvalue weighted by Crippen LogP contribution is -2.46. The van der Waals surface area contributed by atoms with Crippen molar-refractivity contribution in [3.05, 3.63) is 60.8 Å². The standard InChI is InChI=1S/C57H107N2O6P/c1-6-8-10-12-14-16-18-20-22-24-25-26-27-28-29-30-31-32-33-35-37-39-41-43-45-47-49-51-57(61)58-55(54-65-66(62,63)64-53-52-59(3,4)5)56(60)50-48-46-44-42-40-38-36-34-23-21-19-17-15-13-11-9-7-2/h8,10,14,16,20,22,25-26,28-29,55-56,60H,6-7,9,11-13,15,17-19,21,23-24,27,30-54H2,1-5H3,(H-,58,61,62,63)/b10-8-,16-14-,22-20-,26-25-,29-28-. The first-order valence-electron chi connectivity index (χ1n) is 27.6. The van der Waals surface area contributed by atoms with Crippen molar-refractivity contribution in [2.45, 2.75) is 257 Å². The van der Waals surface area contributed by atoms with Gasteiger partial charge in [-0.15, -0.1) is 0 Å². The Morgan fingerprint density at radius 3 is 1.35 bits per heavy atom. The molecule has 0 aliphatic heterocycles. The molecule has 8 nitrogen and oxygen atoms in total. The largest absolute Gasteiger partial charge is 0.756 e. The zero-order chi connectivity index (χ0) is 48.5. The number of phosphoric ester groups is 1. The second kappa shape index (κ2) is 48.2. The topological polar surface area (TPSA) is 108 Å². The molecule has 0 saturated carbocycles. The van der Waals surface area contributed by atoms with Crippen molar-refractivity contribution in [3.8, 4) is 0 Å². The maximum atomic E-state index is 13.0. The van der Waals surface area contributed by atoms with E-state index in [1.165, 1.54) is 148 Å². The first-order chi connectivity index (χ1) is 32.0. The summed E-state index contributed by atoms with van der Waals surface area (Å²) in [5.74, 6) is -0.168. The van der Waals surface area contributed by atoms with Crippen molar-refractivity contribution >= 4 is 13.7 Å². The number of quaternary nitrogens is 1. The van der Waals surface area contributed by atoms with E-state index in [1.807, 2.05) is 21.1 Å². The number of unbranched alkanes of at least 4 members (excludes halogenated alkanes) is 27. The molecule has 66 heavy (non-hydrogen) atoms. The van der Waals surface area contributed by atoms with Gasteiger partial charge in [-0.05, 0) is 57.8 Å². The normalized spacial score (nSPS) is 14.5. The minimum absolute atomic E-state index is 0.0100. The molecule has 2 N–H and O–H groups in total.